The van der Waals surface area contributed by atoms with E-state index in [4.69, 9.17) is 0 Å². The van der Waals surface area contributed by atoms with Crippen molar-refractivity contribution in [3.8, 4) is 5.75 Å². The number of phenols is 1. The highest BCUT2D eigenvalue weighted by atomic mass is 16.3. The number of phenolic OH excluding ortho intramolecular Hbond substituents is 1. The summed E-state index contributed by atoms with van der Waals surface area (Å²) >= 11 is 0. The van der Waals surface area contributed by atoms with E-state index in [9.17, 15) is 5.11 Å². The van der Waals surface area contributed by atoms with E-state index in [0.29, 0.717) is 11.8 Å². The molecule has 0 saturated heterocycles. The standard InChI is InChI=1S/C20H23NO/c1-14-11-15(13-21-17-9-10-17)19(22)18(12-14)20(2,3)16-7-5-4-6-8-16/h4-8,11-13,17,22H,9-10H2,1-3H3. The lowest BCUT2D eigenvalue weighted by molar-refractivity contribution is 0.452. The minimum atomic E-state index is -0.250. The molecule has 0 aliphatic heterocycles. The van der Waals surface area contributed by atoms with Crippen LogP contribution in [0, 0.1) is 6.92 Å². The summed E-state index contributed by atoms with van der Waals surface area (Å²) in [5.41, 5.74) is 3.87. The summed E-state index contributed by atoms with van der Waals surface area (Å²) in [6, 6.07) is 14.9. The molecule has 0 unspecified atom stereocenters. The van der Waals surface area contributed by atoms with Crippen LogP contribution in [0.4, 0.5) is 0 Å². The van der Waals surface area contributed by atoms with Gasteiger partial charge in [-0.1, -0.05) is 50.2 Å². The van der Waals surface area contributed by atoms with Crippen LogP contribution in [0.1, 0.15) is 48.9 Å². The van der Waals surface area contributed by atoms with E-state index in [-0.39, 0.29) is 5.41 Å². The molecule has 2 nitrogen and oxygen atoms in total. The van der Waals surface area contributed by atoms with Crippen molar-refractivity contribution < 1.29 is 5.11 Å². The van der Waals surface area contributed by atoms with Gasteiger partial charge in [0.2, 0.25) is 0 Å². The lowest BCUT2D eigenvalue weighted by Crippen LogP contribution is -2.19. The molecule has 1 fully saturated rings. The highest BCUT2D eigenvalue weighted by molar-refractivity contribution is 5.85. The predicted octanol–water partition coefficient (Wildman–Crippen LogP) is 4.61. The molecule has 1 saturated carbocycles. The number of hydrogen-bond acceptors (Lipinski definition) is 2. The van der Waals surface area contributed by atoms with Crippen molar-refractivity contribution in [3.63, 3.8) is 0 Å². The van der Waals surface area contributed by atoms with E-state index < -0.39 is 0 Å². The molecule has 0 bridgehead atoms. The first kappa shape index (κ1) is 14.8. The van der Waals surface area contributed by atoms with Crippen molar-refractivity contribution in [3.05, 3.63) is 64.7 Å². The Balaban J connectivity index is 2.06. The largest absolute Gasteiger partial charge is 0.507 e. The fourth-order valence-electron chi connectivity index (χ4n) is 2.80. The van der Waals surface area contributed by atoms with Crippen LogP contribution in [0.5, 0.6) is 5.75 Å². The first-order chi connectivity index (χ1) is 10.5. The fraction of sp³-hybridized carbons (Fsp3) is 0.350. The SMILES string of the molecule is Cc1cc(C=NC2CC2)c(O)c(C(C)(C)c2ccccc2)c1. The first-order valence-electron chi connectivity index (χ1n) is 7.91. The van der Waals surface area contributed by atoms with Crippen LogP contribution in [-0.4, -0.2) is 17.4 Å². The van der Waals surface area contributed by atoms with Gasteiger partial charge in [-0.15, -0.1) is 0 Å². The maximum absolute atomic E-state index is 10.8. The predicted molar refractivity (Wildman–Crippen MR) is 92.0 cm³/mol. The van der Waals surface area contributed by atoms with Gasteiger partial charge in [0.1, 0.15) is 5.75 Å². The van der Waals surface area contributed by atoms with Crippen LogP contribution in [0.3, 0.4) is 0 Å². The minimum Gasteiger partial charge on any atom is -0.507 e. The molecule has 0 aromatic heterocycles. The summed E-state index contributed by atoms with van der Waals surface area (Å²) in [5, 5.41) is 10.8. The molecule has 0 amide bonds. The highest BCUT2D eigenvalue weighted by Crippen LogP contribution is 2.39. The quantitative estimate of drug-likeness (QED) is 0.820. The lowest BCUT2D eigenvalue weighted by atomic mass is 9.76. The summed E-state index contributed by atoms with van der Waals surface area (Å²) in [6.45, 7) is 6.37. The third-order valence-corrected chi connectivity index (χ3v) is 4.42. The maximum Gasteiger partial charge on any atom is 0.128 e. The van der Waals surface area contributed by atoms with Crippen molar-refractivity contribution in [1.82, 2.24) is 0 Å². The van der Waals surface area contributed by atoms with Gasteiger partial charge in [-0.05, 0) is 37.0 Å². The number of nitrogens with zero attached hydrogens (tertiary/aromatic N) is 1. The van der Waals surface area contributed by atoms with Crippen molar-refractivity contribution in [2.75, 3.05) is 0 Å². The normalized spacial score (nSPS) is 15.4. The van der Waals surface area contributed by atoms with Gasteiger partial charge >= 0.3 is 0 Å². The van der Waals surface area contributed by atoms with Crippen molar-refractivity contribution in [1.29, 1.82) is 0 Å². The second-order valence-corrected chi connectivity index (χ2v) is 6.75. The topological polar surface area (TPSA) is 32.6 Å². The Labute approximate surface area is 132 Å². The lowest BCUT2D eigenvalue weighted by Gasteiger charge is -2.28. The first-order valence-corrected chi connectivity index (χ1v) is 7.91. The van der Waals surface area contributed by atoms with Crippen LogP contribution in [0.2, 0.25) is 0 Å². The molecular formula is C20H23NO. The molecular weight excluding hydrogens is 270 g/mol. The Morgan fingerprint density at radius 1 is 1.14 bits per heavy atom. The zero-order valence-electron chi connectivity index (χ0n) is 13.5. The van der Waals surface area contributed by atoms with Crippen LogP contribution >= 0.6 is 0 Å². The van der Waals surface area contributed by atoms with Gasteiger partial charge in [-0.3, -0.25) is 4.99 Å². The Morgan fingerprint density at radius 2 is 1.82 bits per heavy atom. The van der Waals surface area contributed by atoms with Crippen molar-refractivity contribution >= 4 is 6.21 Å². The molecule has 0 atom stereocenters. The molecule has 0 radical (unpaired) electrons. The summed E-state index contributed by atoms with van der Waals surface area (Å²) in [6.07, 6.45) is 4.18. The molecule has 2 aromatic rings. The van der Waals surface area contributed by atoms with Gasteiger partial charge < -0.3 is 5.11 Å². The van der Waals surface area contributed by atoms with E-state index in [0.717, 1.165) is 16.7 Å². The zero-order chi connectivity index (χ0) is 15.7. The Bertz CT molecular complexity index is 697. The van der Waals surface area contributed by atoms with Crippen LogP contribution < -0.4 is 0 Å². The minimum absolute atomic E-state index is 0.250. The number of aromatic hydroxyl groups is 1. The summed E-state index contributed by atoms with van der Waals surface area (Å²) in [7, 11) is 0. The second kappa shape index (κ2) is 5.60. The molecule has 0 heterocycles. The van der Waals surface area contributed by atoms with Gasteiger partial charge in [0.05, 0.1) is 6.04 Å². The number of aliphatic imine (C=N–C) groups is 1. The smallest absolute Gasteiger partial charge is 0.128 e. The van der Waals surface area contributed by atoms with Gasteiger partial charge in [-0.25, -0.2) is 0 Å². The van der Waals surface area contributed by atoms with Crippen molar-refractivity contribution in [2.45, 2.75) is 45.1 Å². The fourth-order valence-corrected chi connectivity index (χ4v) is 2.80. The third-order valence-electron chi connectivity index (χ3n) is 4.42. The number of hydrogen-bond donors (Lipinski definition) is 1. The Morgan fingerprint density at radius 3 is 2.45 bits per heavy atom. The molecule has 22 heavy (non-hydrogen) atoms. The monoisotopic (exact) mass is 293 g/mol. The average Bonchev–Trinajstić information content (AvgIpc) is 3.33. The zero-order valence-corrected chi connectivity index (χ0v) is 13.5. The molecule has 2 heteroatoms. The van der Waals surface area contributed by atoms with Crippen LogP contribution in [0.15, 0.2) is 47.5 Å². The summed E-state index contributed by atoms with van der Waals surface area (Å²) < 4.78 is 0. The Hall–Kier alpha value is -2.09. The van der Waals surface area contributed by atoms with E-state index in [1.165, 1.54) is 18.4 Å². The number of aryl methyl sites for hydroxylation is 1. The molecule has 0 spiro atoms. The van der Waals surface area contributed by atoms with E-state index >= 15 is 0 Å². The van der Waals surface area contributed by atoms with E-state index in [1.54, 1.807) is 0 Å². The molecule has 1 aliphatic carbocycles. The average molecular weight is 293 g/mol. The van der Waals surface area contributed by atoms with Gasteiger partial charge in [0.25, 0.3) is 0 Å². The van der Waals surface area contributed by atoms with Crippen LogP contribution in [0.25, 0.3) is 0 Å². The van der Waals surface area contributed by atoms with Crippen molar-refractivity contribution in [2.24, 2.45) is 4.99 Å². The summed E-state index contributed by atoms with van der Waals surface area (Å²) in [5.74, 6) is 0.351. The van der Waals surface area contributed by atoms with Gasteiger partial charge in [0.15, 0.2) is 0 Å². The van der Waals surface area contributed by atoms with Gasteiger partial charge in [0, 0.05) is 22.8 Å². The van der Waals surface area contributed by atoms with E-state index in [2.05, 4.69) is 44.0 Å². The summed E-state index contributed by atoms with van der Waals surface area (Å²) in [4.78, 5) is 4.52. The molecule has 3 rings (SSSR count). The van der Waals surface area contributed by atoms with Gasteiger partial charge in [-0.2, -0.15) is 0 Å². The van der Waals surface area contributed by atoms with E-state index in [1.807, 2.05) is 30.5 Å². The number of benzene rings is 2. The second-order valence-electron chi connectivity index (χ2n) is 6.75. The third kappa shape index (κ3) is 2.92. The molecule has 1 aliphatic rings. The number of rotatable bonds is 4. The Kier molecular flexibility index (Phi) is 3.78. The highest BCUT2D eigenvalue weighted by Gasteiger charge is 2.27. The molecule has 1 N–H and O–H groups in total. The van der Waals surface area contributed by atoms with Crippen LogP contribution in [-0.2, 0) is 5.41 Å². The maximum atomic E-state index is 10.8. The molecule has 114 valence electrons. The molecule has 2 aromatic carbocycles.